The lowest BCUT2D eigenvalue weighted by atomic mass is 10.2. The maximum atomic E-state index is 9.60. The third-order valence-corrected chi connectivity index (χ3v) is 11.5. The molecule has 0 amide bonds. The van der Waals surface area contributed by atoms with Gasteiger partial charge in [0.1, 0.15) is 53.1 Å². The first-order valence-electron chi connectivity index (χ1n) is 22.4. The van der Waals surface area contributed by atoms with Crippen LogP contribution in [0.15, 0.2) is 171 Å². The van der Waals surface area contributed by atoms with Crippen LogP contribution in [0, 0.1) is 0 Å². The number of anilines is 7. The lowest BCUT2D eigenvalue weighted by Gasteiger charge is -2.18. The number of aromatic amines is 4. The summed E-state index contributed by atoms with van der Waals surface area (Å²) in [6, 6.07) is 41.1. The second-order valence-corrected chi connectivity index (χ2v) is 16.3. The number of H-pyrrole nitrogens is 4. The summed E-state index contributed by atoms with van der Waals surface area (Å²) in [5.41, 5.74) is 12.4. The monoisotopic (exact) mass is 960 g/mol. The third-order valence-electron chi connectivity index (χ3n) is 11.3. The van der Waals surface area contributed by atoms with Gasteiger partial charge < -0.3 is 50.6 Å². The zero-order chi connectivity index (χ0) is 48.4. The molecule has 0 bridgehead atoms. The molecule has 0 atom stereocenters. The van der Waals surface area contributed by atoms with E-state index in [1.807, 2.05) is 128 Å². The number of fused-ring (bicyclic) bond motifs is 5. The zero-order valence-electron chi connectivity index (χ0n) is 38.0. The van der Waals surface area contributed by atoms with Crippen LogP contribution >= 0.6 is 11.6 Å². The van der Waals surface area contributed by atoms with Crippen molar-refractivity contribution in [1.82, 2.24) is 59.8 Å². The maximum Gasteiger partial charge on any atom is 0.191 e. The largest absolute Gasteiger partial charge is 0.497 e. The molecule has 4 aromatic carbocycles. The number of methoxy groups -OCH3 is 1. The Morgan fingerprint density at radius 3 is 1.75 bits per heavy atom. The van der Waals surface area contributed by atoms with Crippen LogP contribution in [0.3, 0.4) is 0 Å². The van der Waals surface area contributed by atoms with E-state index in [-0.39, 0.29) is 5.88 Å². The van der Waals surface area contributed by atoms with Crippen LogP contribution in [0.1, 0.15) is 11.1 Å². The number of halogens is 1. The van der Waals surface area contributed by atoms with E-state index in [9.17, 15) is 5.11 Å². The van der Waals surface area contributed by atoms with Gasteiger partial charge in [0.05, 0.1) is 29.2 Å². The Balaban J connectivity index is 0.000000110. The van der Waals surface area contributed by atoms with E-state index in [0.29, 0.717) is 10.5 Å². The minimum atomic E-state index is 0.0901. The Bertz CT molecular complexity index is 3660. The standard InChI is InChI=1S/C14H11ClN4O.C13H12N4O.C13H12N4.C12H10N4/c15-9-2-1-8-3-4-19(11(8)5-9)14-13-10(16-7-17-14)6-12(20)18-13;1-18-10-4-2-9(3-5-10)17-13-12-11(6-7-14-12)15-8-16-13;1-2-4-10(5-3-1)8-15-13-12-11(6-7-14-12)16-9-17-13;1-2-4-9(5-3-1)16-12-11-10(6-7-13-11)14-8-15-12/h1-2,5-7,18,20H,3-4H2;2-8,14H,1H3,(H,15,16,17);1-7,9,14H,8H2,(H,15,16,17);1-8,13H,(H,14,15,16). The van der Waals surface area contributed by atoms with Crippen molar-refractivity contribution in [3.63, 3.8) is 0 Å². The van der Waals surface area contributed by atoms with Gasteiger partial charge in [-0.25, -0.2) is 39.9 Å². The summed E-state index contributed by atoms with van der Waals surface area (Å²) in [5.74, 6) is 4.07. The molecule has 1 aliphatic heterocycles. The second kappa shape index (κ2) is 21.2. The molecule has 0 saturated carbocycles. The average Bonchev–Trinajstić information content (AvgIpc) is 4.28. The zero-order valence-corrected chi connectivity index (χ0v) is 38.8. The molecular weight excluding hydrogens is 916 g/mol. The highest BCUT2D eigenvalue weighted by molar-refractivity contribution is 6.31. The minimum absolute atomic E-state index is 0.0901. The second-order valence-electron chi connectivity index (χ2n) is 15.9. The summed E-state index contributed by atoms with van der Waals surface area (Å²) in [6.07, 6.45) is 12.7. The van der Waals surface area contributed by atoms with Crippen molar-refractivity contribution in [2.45, 2.75) is 13.0 Å². The number of aromatic nitrogens is 12. The molecule has 13 rings (SSSR count). The van der Waals surface area contributed by atoms with E-state index in [4.69, 9.17) is 16.3 Å². The minimum Gasteiger partial charge on any atom is -0.497 e. The van der Waals surface area contributed by atoms with Crippen molar-refractivity contribution < 1.29 is 9.84 Å². The van der Waals surface area contributed by atoms with Crippen LogP contribution < -0.4 is 25.6 Å². The van der Waals surface area contributed by atoms with E-state index in [1.54, 1.807) is 32.2 Å². The molecule has 0 fully saturated rings. The van der Waals surface area contributed by atoms with Gasteiger partial charge in [0.2, 0.25) is 0 Å². The first-order valence-corrected chi connectivity index (χ1v) is 22.8. The molecule has 19 heteroatoms. The van der Waals surface area contributed by atoms with Gasteiger partial charge in [0.25, 0.3) is 0 Å². The van der Waals surface area contributed by atoms with Crippen molar-refractivity contribution in [2.75, 3.05) is 34.5 Å². The SMILES string of the molecule is COc1ccc(Nc2ncnc3cc[nH]c23)cc1.Oc1cc2ncnc(N3CCc4ccc(Cl)cc43)c2[nH]1.c1ccc(CNc2ncnc3cc[nH]c23)cc1.c1ccc(Nc2ncnc3cc[nH]c23)cc1. The highest BCUT2D eigenvalue weighted by Crippen LogP contribution is 2.38. The molecule has 0 spiro atoms. The third kappa shape index (κ3) is 10.6. The highest BCUT2D eigenvalue weighted by atomic mass is 35.5. The van der Waals surface area contributed by atoms with E-state index >= 15 is 0 Å². The Labute approximate surface area is 410 Å². The van der Waals surface area contributed by atoms with E-state index in [1.165, 1.54) is 17.5 Å². The number of nitrogens with zero attached hydrogens (tertiary/aromatic N) is 9. The quantitative estimate of drug-likeness (QED) is 0.0672. The Hall–Kier alpha value is -9.55. The summed E-state index contributed by atoms with van der Waals surface area (Å²) < 4.78 is 5.12. The fourth-order valence-electron chi connectivity index (χ4n) is 7.88. The number of ether oxygens (including phenoxy) is 1. The van der Waals surface area contributed by atoms with Crippen molar-refractivity contribution in [1.29, 1.82) is 0 Å². The van der Waals surface area contributed by atoms with Gasteiger partial charge in [-0.1, -0.05) is 66.2 Å². The van der Waals surface area contributed by atoms with Crippen LogP contribution in [0.25, 0.3) is 44.1 Å². The molecular formula is C52H45ClN16O2. The van der Waals surface area contributed by atoms with Gasteiger partial charge in [0.15, 0.2) is 29.2 Å². The lowest BCUT2D eigenvalue weighted by molar-refractivity contribution is 0.415. The van der Waals surface area contributed by atoms with Gasteiger partial charge in [-0.3, -0.25) is 0 Å². The van der Waals surface area contributed by atoms with Crippen molar-refractivity contribution >= 4 is 96.1 Å². The van der Waals surface area contributed by atoms with E-state index in [0.717, 1.165) is 104 Å². The van der Waals surface area contributed by atoms with Crippen molar-refractivity contribution in [3.05, 3.63) is 187 Å². The number of nitrogens with one attached hydrogen (secondary N) is 7. The molecule has 9 heterocycles. The lowest BCUT2D eigenvalue weighted by Crippen LogP contribution is -2.15. The van der Waals surface area contributed by atoms with Crippen molar-refractivity contribution in [3.8, 4) is 11.6 Å². The molecule has 8 aromatic heterocycles. The summed E-state index contributed by atoms with van der Waals surface area (Å²) in [5, 5.41) is 20.1. The van der Waals surface area contributed by atoms with Crippen LogP contribution in [0.2, 0.25) is 5.02 Å². The predicted octanol–water partition coefficient (Wildman–Crippen LogP) is 11.0. The highest BCUT2D eigenvalue weighted by Gasteiger charge is 2.24. The number of hydrogen-bond donors (Lipinski definition) is 8. The van der Waals surface area contributed by atoms with Gasteiger partial charge in [0, 0.05) is 59.8 Å². The number of aromatic hydroxyl groups is 1. The van der Waals surface area contributed by atoms with Crippen molar-refractivity contribution in [2.24, 2.45) is 0 Å². The molecule has 352 valence electrons. The van der Waals surface area contributed by atoms with Crippen LogP contribution in [-0.4, -0.2) is 78.6 Å². The average molecular weight is 961 g/mol. The Kier molecular flexibility index (Phi) is 13.5. The van der Waals surface area contributed by atoms with Gasteiger partial charge >= 0.3 is 0 Å². The molecule has 0 aliphatic carbocycles. The number of benzene rings is 4. The fourth-order valence-corrected chi connectivity index (χ4v) is 8.05. The Morgan fingerprint density at radius 1 is 0.577 bits per heavy atom. The van der Waals surface area contributed by atoms with E-state index < -0.39 is 0 Å². The molecule has 1 aliphatic rings. The number of para-hydroxylation sites is 1. The topological polar surface area (TPSA) is 235 Å². The molecule has 71 heavy (non-hydrogen) atoms. The maximum absolute atomic E-state index is 9.60. The summed E-state index contributed by atoms with van der Waals surface area (Å²) in [6.45, 7) is 1.59. The summed E-state index contributed by atoms with van der Waals surface area (Å²) in [7, 11) is 1.65. The van der Waals surface area contributed by atoms with Crippen LogP contribution in [0.5, 0.6) is 11.6 Å². The molecule has 18 nitrogen and oxygen atoms in total. The molecule has 8 N–H and O–H groups in total. The summed E-state index contributed by atoms with van der Waals surface area (Å²) in [4.78, 5) is 48.1. The van der Waals surface area contributed by atoms with Gasteiger partial charge in [-0.2, -0.15) is 0 Å². The molecule has 0 radical (unpaired) electrons. The Morgan fingerprint density at radius 2 is 1.13 bits per heavy atom. The molecule has 12 aromatic rings. The van der Waals surface area contributed by atoms with Crippen LogP contribution in [0.4, 0.5) is 40.3 Å². The predicted molar refractivity (Wildman–Crippen MR) is 279 cm³/mol. The normalized spacial score (nSPS) is 11.5. The van der Waals surface area contributed by atoms with Gasteiger partial charge in [-0.15, -0.1) is 0 Å². The first kappa shape index (κ1) is 45.2. The number of rotatable bonds is 9. The van der Waals surface area contributed by atoms with Gasteiger partial charge in [-0.05, 0) is 84.3 Å². The molecule has 0 saturated heterocycles. The summed E-state index contributed by atoms with van der Waals surface area (Å²) >= 11 is 6.09. The molecule has 0 unspecified atom stereocenters. The fraction of sp³-hybridized carbons (Fsp3) is 0.0769. The van der Waals surface area contributed by atoms with Crippen LogP contribution in [-0.2, 0) is 13.0 Å². The number of hydrogen-bond acceptors (Lipinski definition) is 14. The first-order chi connectivity index (χ1) is 35.0. The van der Waals surface area contributed by atoms with E-state index in [2.05, 4.69) is 92.8 Å². The smallest absolute Gasteiger partial charge is 0.191 e.